The van der Waals surface area contributed by atoms with Gasteiger partial charge in [-0.25, -0.2) is 0 Å². The minimum absolute atomic E-state index is 0. The van der Waals surface area contributed by atoms with Crippen LogP contribution in [0.15, 0.2) is 29.3 Å². The molecule has 1 aliphatic heterocycles. The second-order valence-electron chi connectivity index (χ2n) is 7.62. The summed E-state index contributed by atoms with van der Waals surface area (Å²) in [4.78, 5) is 18.9. The van der Waals surface area contributed by atoms with E-state index in [1.807, 2.05) is 17.0 Å². The molecule has 3 rings (SSSR count). The lowest BCUT2D eigenvalue weighted by Gasteiger charge is -2.21. The van der Waals surface area contributed by atoms with E-state index in [1.54, 1.807) is 7.05 Å². The zero-order chi connectivity index (χ0) is 19.1. The Hall–Kier alpha value is -1.02. The summed E-state index contributed by atoms with van der Waals surface area (Å²) in [5.41, 5.74) is 1.29. The molecule has 1 unspecified atom stereocenters. The molecule has 0 radical (unpaired) electrons. The van der Waals surface area contributed by atoms with Gasteiger partial charge in [0.1, 0.15) is 0 Å². The molecule has 5 nitrogen and oxygen atoms in total. The number of aryl methyl sites for hydroxylation is 1. The largest absolute Gasteiger partial charge is 0.356 e. The highest BCUT2D eigenvalue weighted by molar-refractivity contribution is 14.0. The number of carbonyl (C=O) groups excluding carboxylic acids is 1. The van der Waals surface area contributed by atoms with Crippen molar-refractivity contribution in [1.82, 2.24) is 15.5 Å². The van der Waals surface area contributed by atoms with E-state index in [0.29, 0.717) is 5.91 Å². The minimum atomic E-state index is 0. The van der Waals surface area contributed by atoms with Crippen LogP contribution in [0.2, 0.25) is 5.02 Å². The molecule has 2 aliphatic rings. The number of carbonyl (C=O) groups is 1. The highest BCUT2D eigenvalue weighted by atomic mass is 127. The molecule has 1 atom stereocenters. The molecule has 2 N–H and O–H groups in total. The lowest BCUT2D eigenvalue weighted by molar-refractivity contribution is -0.134. The Labute approximate surface area is 190 Å². The quantitative estimate of drug-likeness (QED) is 0.260. The first-order chi connectivity index (χ1) is 13.2. The Morgan fingerprint density at radius 1 is 1.21 bits per heavy atom. The van der Waals surface area contributed by atoms with Crippen molar-refractivity contribution in [2.24, 2.45) is 10.9 Å². The number of benzene rings is 1. The Balaban J connectivity index is 0.00000280. The van der Waals surface area contributed by atoms with Crippen LogP contribution in [0.3, 0.4) is 0 Å². The molecule has 1 aliphatic carbocycles. The van der Waals surface area contributed by atoms with Gasteiger partial charge in [0, 0.05) is 43.7 Å². The van der Waals surface area contributed by atoms with Gasteiger partial charge in [0.15, 0.2) is 5.96 Å². The number of likely N-dealkylation sites (tertiary alicyclic amines) is 1. The van der Waals surface area contributed by atoms with E-state index in [1.165, 1.54) is 18.4 Å². The zero-order valence-corrected chi connectivity index (χ0v) is 19.7. The summed E-state index contributed by atoms with van der Waals surface area (Å²) in [7, 11) is 1.80. The van der Waals surface area contributed by atoms with Crippen LogP contribution >= 0.6 is 35.6 Å². The summed E-state index contributed by atoms with van der Waals surface area (Å²) in [5.74, 6) is 1.46. The first-order valence-electron chi connectivity index (χ1n) is 10.2. The van der Waals surface area contributed by atoms with E-state index < -0.39 is 0 Å². The van der Waals surface area contributed by atoms with Crippen LogP contribution in [0.5, 0.6) is 0 Å². The molecule has 28 heavy (non-hydrogen) atoms. The number of aliphatic imine (C=N–C) groups is 1. The van der Waals surface area contributed by atoms with Gasteiger partial charge < -0.3 is 15.5 Å². The van der Waals surface area contributed by atoms with Crippen LogP contribution in [0, 0.1) is 5.92 Å². The third kappa shape index (κ3) is 6.79. The molecule has 156 valence electrons. The average molecular weight is 519 g/mol. The molecule has 0 spiro atoms. The van der Waals surface area contributed by atoms with Crippen molar-refractivity contribution >= 4 is 47.4 Å². The maximum atomic E-state index is 12.6. The third-order valence-corrected chi connectivity index (χ3v) is 5.87. The van der Waals surface area contributed by atoms with E-state index in [-0.39, 0.29) is 35.9 Å². The van der Waals surface area contributed by atoms with E-state index in [4.69, 9.17) is 11.6 Å². The lowest BCUT2D eigenvalue weighted by atomic mass is 10.1. The highest BCUT2D eigenvalue weighted by Crippen LogP contribution is 2.27. The van der Waals surface area contributed by atoms with Gasteiger partial charge in [-0.2, -0.15) is 0 Å². The number of hydrogen-bond acceptors (Lipinski definition) is 2. The van der Waals surface area contributed by atoms with Crippen LogP contribution in [-0.2, 0) is 11.2 Å². The summed E-state index contributed by atoms with van der Waals surface area (Å²) >= 11 is 5.92. The SMILES string of the molecule is CN=C(NCCCc1ccc(Cl)cc1)NC1CCN(C(=O)C2CCCC2)C1.I. The first-order valence-corrected chi connectivity index (χ1v) is 10.5. The topological polar surface area (TPSA) is 56.7 Å². The second kappa shape index (κ2) is 11.9. The van der Waals surface area contributed by atoms with E-state index in [0.717, 1.165) is 62.7 Å². The van der Waals surface area contributed by atoms with E-state index in [2.05, 4.69) is 27.8 Å². The molecule has 0 bridgehead atoms. The van der Waals surface area contributed by atoms with Crippen LogP contribution in [0.1, 0.15) is 44.1 Å². The predicted molar refractivity (Wildman–Crippen MR) is 127 cm³/mol. The fourth-order valence-electron chi connectivity index (χ4n) is 4.05. The van der Waals surface area contributed by atoms with Crippen LogP contribution in [0.4, 0.5) is 0 Å². The fraction of sp³-hybridized carbons (Fsp3) is 0.619. The van der Waals surface area contributed by atoms with Gasteiger partial charge in [0.25, 0.3) is 0 Å². The van der Waals surface area contributed by atoms with Gasteiger partial charge >= 0.3 is 0 Å². The Bertz CT molecular complexity index is 646. The van der Waals surface area contributed by atoms with Crippen molar-refractivity contribution in [2.45, 2.75) is 51.0 Å². The molecule has 1 saturated heterocycles. The Morgan fingerprint density at radius 3 is 2.61 bits per heavy atom. The highest BCUT2D eigenvalue weighted by Gasteiger charge is 2.32. The molecule has 1 saturated carbocycles. The Morgan fingerprint density at radius 2 is 1.93 bits per heavy atom. The van der Waals surface area contributed by atoms with Gasteiger partial charge in [0.2, 0.25) is 5.91 Å². The number of halogens is 2. The fourth-order valence-corrected chi connectivity index (χ4v) is 4.17. The van der Waals surface area contributed by atoms with Gasteiger partial charge in [-0.1, -0.05) is 36.6 Å². The second-order valence-corrected chi connectivity index (χ2v) is 8.06. The van der Waals surface area contributed by atoms with Crippen molar-refractivity contribution in [3.8, 4) is 0 Å². The molecule has 2 fully saturated rings. The number of nitrogens with one attached hydrogen (secondary N) is 2. The number of nitrogens with zero attached hydrogens (tertiary/aromatic N) is 2. The van der Waals surface area contributed by atoms with Crippen molar-refractivity contribution in [2.75, 3.05) is 26.7 Å². The zero-order valence-electron chi connectivity index (χ0n) is 16.6. The molecule has 1 aromatic rings. The lowest BCUT2D eigenvalue weighted by Crippen LogP contribution is -2.45. The van der Waals surface area contributed by atoms with Gasteiger partial charge in [-0.05, 0) is 49.8 Å². The summed E-state index contributed by atoms with van der Waals surface area (Å²) < 4.78 is 0. The molecule has 1 heterocycles. The van der Waals surface area contributed by atoms with Crippen molar-refractivity contribution in [1.29, 1.82) is 0 Å². The van der Waals surface area contributed by atoms with Gasteiger partial charge in [0.05, 0.1) is 0 Å². The summed E-state index contributed by atoms with van der Waals surface area (Å²) in [6, 6.07) is 8.30. The molecule has 0 aromatic heterocycles. The minimum Gasteiger partial charge on any atom is -0.356 e. The number of amides is 1. The van der Waals surface area contributed by atoms with Crippen LogP contribution < -0.4 is 10.6 Å². The molecule has 7 heteroatoms. The summed E-state index contributed by atoms with van der Waals surface area (Å²) in [6.07, 6.45) is 7.59. The maximum absolute atomic E-state index is 12.6. The van der Waals surface area contributed by atoms with Gasteiger partial charge in [-0.3, -0.25) is 9.79 Å². The molecule has 1 amide bonds. The molecular formula is C21H32ClIN4O. The first kappa shape index (κ1) is 23.3. The Kier molecular flexibility index (Phi) is 9.85. The van der Waals surface area contributed by atoms with Crippen molar-refractivity contribution in [3.05, 3.63) is 34.9 Å². The molecular weight excluding hydrogens is 487 g/mol. The van der Waals surface area contributed by atoms with Crippen LogP contribution in [0.25, 0.3) is 0 Å². The smallest absolute Gasteiger partial charge is 0.225 e. The van der Waals surface area contributed by atoms with E-state index >= 15 is 0 Å². The van der Waals surface area contributed by atoms with Crippen LogP contribution in [-0.4, -0.2) is 49.5 Å². The summed E-state index contributed by atoms with van der Waals surface area (Å²) in [5, 5.41) is 7.64. The standard InChI is InChI=1S/C21H31ClN4O.HI/c1-23-21(24-13-4-5-16-8-10-18(22)11-9-16)25-19-12-14-26(15-19)20(27)17-6-2-3-7-17;/h8-11,17,19H,2-7,12-15H2,1H3,(H2,23,24,25);1H. The van der Waals surface area contributed by atoms with E-state index in [9.17, 15) is 4.79 Å². The van der Waals surface area contributed by atoms with Gasteiger partial charge in [-0.15, -0.1) is 24.0 Å². The number of guanidine groups is 1. The van der Waals surface area contributed by atoms with Crippen molar-refractivity contribution in [3.63, 3.8) is 0 Å². The summed E-state index contributed by atoms with van der Waals surface area (Å²) in [6.45, 7) is 2.51. The third-order valence-electron chi connectivity index (χ3n) is 5.62. The number of hydrogen-bond donors (Lipinski definition) is 2. The maximum Gasteiger partial charge on any atom is 0.225 e. The monoisotopic (exact) mass is 518 g/mol. The number of rotatable bonds is 6. The normalized spacial score (nSPS) is 20.1. The molecule has 1 aromatic carbocycles. The average Bonchev–Trinajstić information content (AvgIpc) is 3.37. The predicted octanol–water partition coefficient (Wildman–Crippen LogP) is 3.85. The van der Waals surface area contributed by atoms with Crippen molar-refractivity contribution < 1.29 is 4.79 Å².